The molecule has 0 amide bonds. The van der Waals surface area contributed by atoms with Gasteiger partial charge in [0.05, 0.1) is 6.20 Å². The summed E-state index contributed by atoms with van der Waals surface area (Å²) in [5.41, 5.74) is 0.853. The Morgan fingerprint density at radius 2 is 1.94 bits per heavy atom. The number of benzene rings is 1. The van der Waals surface area contributed by atoms with E-state index in [1.54, 1.807) is 18.5 Å². The van der Waals surface area contributed by atoms with Crippen molar-refractivity contribution in [2.24, 2.45) is 0 Å². The Balaban J connectivity index is 1.92. The number of aromatic nitrogens is 1. The Hall–Kier alpha value is -1.87. The first-order valence-electron chi connectivity index (χ1n) is 5.12. The SMILES string of the molecule is O[C@H](COc1cccnc1)c1ccccc1. The zero-order chi connectivity index (χ0) is 11.2. The second kappa shape index (κ2) is 5.28. The summed E-state index contributed by atoms with van der Waals surface area (Å²) in [4.78, 5) is 3.93. The third-order valence-corrected chi connectivity index (χ3v) is 2.23. The number of hydrogen-bond donors (Lipinski definition) is 1. The number of pyridine rings is 1. The monoisotopic (exact) mass is 215 g/mol. The summed E-state index contributed by atoms with van der Waals surface area (Å²) in [6.45, 7) is 0.232. The normalized spacial score (nSPS) is 12.1. The summed E-state index contributed by atoms with van der Waals surface area (Å²) in [7, 11) is 0. The van der Waals surface area contributed by atoms with Crippen molar-refractivity contribution in [1.29, 1.82) is 0 Å². The third kappa shape index (κ3) is 2.81. The van der Waals surface area contributed by atoms with Crippen LogP contribution in [0.1, 0.15) is 11.7 Å². The van der Waals surface area contributed by atoms with Crippen LogP contribution in [0.15, 0.2) is 54.9 Å². The van der Waals surface area contributed by atoms with Crippen LogP contribution in [0.4, 0.5) is 0 Å². The highest BCUT2D eigenvalue weighted by Crippen LogP contribution is 2.14. The van der Waals surface area contributed by atoms with E-state index in [0.29, 0.717) is 5.75 Å². The Bertz CT molecular complexity index is 416. The van der Waals surface area contributed by atoms with Crippen molar-refractivity contribution in [2.75, 3.05) is 6.61 Å². The second-order valence-electron chi connectivity index (χ2n) is 3.43. The molecular weight excluding hydrogens is 202 g/mol. The van der Waals surface area contributed by atoms with E-state index in [1.165, 1.54) is 0 Å². The molecule has 2 rings (SSSR count). The van der Waals surface area contributed by atoms with Crippen molar-refractivity contribution in [3.63, 3.8) is 0 Å². The van der Waals surface area contributed by atoms with Crippen LogP contribution >= 0.6 is 0 Å². The maximum atomic E-state index is 9.84. The molecule has 1 heterocycles. The van der Waals surface area contributed by atoms with Crippen LogP contribution in [-0.4, -0.2) is 16.7 Å². The summed E-state index contributed by atoms with van der Waals surface area (Å²) in [6, 6.07) is 13.0. The average molecular weight is 215 g/mol. The molecular formula is C13H13NO2. The fourth-order valence-corrected chi connectivity index (χ4v) is 1.38. The summed E-state index contributed by atoms with van der Waals surface area (Å²) < 4.78 is 5.41. The second-order valence-corrected chi connectivity index (χ2v) is 3.43. The Morgan fingerprint density at radius 3 is 2.62 bits per heavy atom. The minimum absolute atomic E-state index is 0.232. The average Bonchev–Trinajstić information content (AvgIpc) is 2.38. The molecule has 3 heteroatoms. The topological polar surface area (TPSA) is 42.4 Å². The summed E-state index contributed by atoms with van der Waals surface area (Å²) >= 11 is 0. The first kappa shape index (κ1) is 10.6. The number of hydrogen-bond acceptors (Lipinski definition) is 3. The predicted molar refractivity (Wildman–Crippen MR) is 61.1 cm³/mol. The summed E-state index contributed by atoms with van der Waals surface area (Å²) in [5.74, 6) is 0.664. The molecule has 2 aromatic rings. The molecule has 0 spiro atoms. The Morgan fingerprint density at radius 1 is 1.12 bits per heavy atom. The quantitative estimate of drug-likeness (QED) is 0.850. The maximum Gasteiger partial charge on any atom is 0.137 e. The zero-order valence-corrected chi connectivity index (χ0v) is 8.78. The molecule has 1 aromatic carbocycles. The van der Waals surface area contributed by atoms with Gasteiger partial charge in [-0.3, -0.25) is 4.98 Å². The Kier molecular flexibility index (Phi) is 3.51. The molecule has 1 atom stereocenters. The maximum absolute atomic E-state index is 9.84. The van der Waals surface area contributed by atoms with Crippen LogP contribution in [0, 0.1) is 0 Å². The number of nitrogens with zero attached hydrogens (tertiary/aromatic N) is 1. The van der Waals surface area contributed by atoms with Crippen LogP contribution in [-0.2, 0) is 0 Å². The van der Waals surface area contributed by atoms with Crippen molar-refractivity contribution in [2.45, 2.75) is 6.10 Å². The fourth-order valence-electron chi connectivity index (χ4n) is 1.38. The van der Waals surface area contributed by atoms with Gasteiger partial charge in [0, 0.05) is 6.20 Å². The van der Waals surface area contributed by atoms with Gasteiger partial charge in [0.25, 0.3) is 0 Å². The van der Waals surface area contributed by atoms with E-state index in [4.69, 9.17) is 4.74 Å². The van der Waals surface area contributed by atoms with Gasteiger partial charge < -0.3 is 9.84 Å². The predicted octanol–water partition coefficient (Wildman–Crippen LogP) is 2.19. The molecule has 0 aliphatic heterocycles. The lowest BCUT2D eigenvalue weighted by molar-refractivity contribution is 0.108. The Labute approximate surface area is 94.3 Å². The summed E-state index contributed by atoms with van der Waals surface area (Å²) in [5, 5.41) is 9.84. The molecule has 3 nitrogen and oxygen atoms in total. The number of aliphatic hydroxyl groups excluding tert-OH is 1. The van der Waals surface area contributed by atoms with Gasteiger partial charge in [0.2, 0.25) is 0 Å². The van der Waals surface area contributed by atoms with Gasteiger partial charge in [-0.15, -0.1) is 0 Å². The van der Waals surface area contributed by atoms with E-state index in [-0.39, 0.29) is 6.61 Å². The molecule has 0 unspecified atom stereocenters. The first-order valence-corrected chi connectivity index (χ1v) is 5.12. The molecule has 1 N–H and O–H groups in total. The van der Waals surface area contributed by atoms with Crippen LogP contribution in [0.25, 0.3) is 0 Å². The molecule has 0 saturated carbocycles. The number of aliphatic hydroxyl groups is 1. The van der Waals surface area contributed by atoms with Crippen molar-refractivity contribution < 1.29 is 9.84 Å². The molecule has 0 radical (unpaired) electrons. The number of ether oxygens (including phenoxy) is 1. The minimum atomic E-state index is -0.610. The van der Waals surface area contributed by atoms with Crippen LogP contribution in [0.3, 0.4) is 0 Å². The van der Waals surface area contributed by atoms with E-state index >= 15 is 0 Å². The molecule has 0 aliphatic rings. The highest BCUT2D eigenvalue weighted by atomic mass is 16.5. The smallest absolute Gasteiger partial charge is 0.137 e. The lowest BCUT2D eigenvalue weighted by Gasteiger charge is -2.12. The van der Waals surface area contributed by atoms with Gasteiger partial charge in [0.1, 0.15) is 18.5 Å². The molecule has 1 aromatic heterocycles. The molecule has 0 bridgehead atoms. The summed E-state index contributed by atoms with van der Waals surface area (Å²) in [6.07, 6.45) is 2.69. The molecule has 82 valence electrons. The van der Waals surface area contributed by atoms with Gasteiger partial charge >= 0.3 is 0 Å². The van der Waals surface area contributed by atoms with Crippen LogP contribution in [0.5, 0.6) is 5.75 Å². The van der Waals surface area contributed by atoms with E-state index in [2.05, 4.69) is 4.98 Å². The highest BCUT2D eigenvalue weighted by Gasteiger charge is 2.07. The third-order valence-electron chi connectivity index (χ3n) is 2.23. The fraction of sp³-hybridized carbons (Fsp3) is 0.154. The van der Waals surface area contributed by atoms with E-state index < -0.39 is 6.10 Å². The van der Waals surface area contributed by atoms with Gasteiger partial charge in [-0.1, -0.05) is 30.3 Å². The van der Waals surface area contributed by atoms with Crippen LogP contribution in [0.2, 0.25) is 0 Å². The van der Waals surface area contributed by atoms with Crippen molar-refractivity contribution in [3.05, 3.63) is 60.4 Å². The van der Waals surface area contributed by atoms with Gasteiger partial charge in [-0.2, -0.15) is 0 Å². The lowest BCUT2D eigenvalue weighted by atomic mass is 10.1. The number of rotatable bonds is 4. The van der Waals surface area contributed by atoms with E-state index in [1.807, 2.05) is 36.4 Å². The van der Waals surface area contributed by atoms with E-state index in [0.717, 1.165) is 5.56 Å². The van der Waals surface area contributed by atoms with Gasteiger partial charge in [-0.25, -0.2) is 0 Å². The molecule has 0 fully saturated rings. The zero-order valence-electron chi connectivity index (χ0n) is 8.78. The van der Waals surface area contributed by atoms with Crippen molar-refractivity contribution >= 4 is 0 Å². The molecule has 16 heavy (non-hydrogen) atoms. The van der Waals surface area contributed by atoms with Crippen LogP contribution < -0.4 is 4.74 Å². The minimum Gasteiger partial charge on any atom is -0.489 e. The van der Waals surface area contributed by atoms with Crippen molar-refractivity contribution in [1.82, 2.24) is 4.98 Å². The van der Waals surface area contributed by atoms with Gasteiger partial charge in [-0.05, 0) is 17.7 Å². The highest BCUT2D eigenvalue weighted by molar-refractivity contribution is 5.19. The molecule has 0 saturated heterocycles. The standard InChI is InChI=1S/C13H13NO2/c15-13(11-5-2-1-3-6-11)10-16-12-7-4-8-14-9-12/h1-9,13,15H,10H2/t13-/m1/s1. The van der Waals surface area contributed by atoms with Crippen molar-refractivity contribution in [3.8, 4) is 5.75 Å². The lowest BCUT2D eigenvalue weighted by Crippen LogP contribution is -2.09. The van der Waals surface area contributed by atoms with E-state index in [9.17, 15) is 5.11 Å². The van der Waals surface area contributed by atoms with Gasteiger partial charge in [0.15, 0.2) is 0 Å². The molecule has 0 aliphatic carbocycles. The first-order chi connectivity index (χ1) is 7.86. The largest absolute Gasteiger partial charge is 0.489 e.